The molecule has 1 aromatic carbocycles. The topological polar surface area (TPSA) is 71.2 Å². The van der Waals surface area contributed by atoms with Gasteiger partial charge in [-0.2, -0.15) is 0 Å². The van der Waals surface area contributed by atoms with Gasteiger partial charge in [0.1, 0.15) is 0 Å². The number of hydrazine groups is 1. The van der Waals surface area contributed by atoms with Crippen molar-refractivity contribution in [1.82, 2.24) is 9.99 Å². The SMILES string of the molecule is CCc1cccc(NC)c1SCc1cc(C)ccn1.CN(N)C=O. The zero-order valence-electron chi connectivity index (χ0n) is 14.7. The lowest BCUT2D eigenvalue weighted by atomic mass is 10.1. The van der Waals surface area contributed by atoms with Crippen molar-refractivity contribution in [3.05, 3.63) is 53.3 Å². The molecule has 1 amide bonds. The number of thioether (sulfide) groups is 1. The molecule has 0 fully saturated rings. The highest BCUT2D eigenvalue weighted by Gasteiger charge is 2.07. The first-order valence-corrected chi connectivity index (χ1v) is 8.77. The Morgan fingerprint density at radius 2 is 2.08 bits per heavy atom. The van der Waals surface area contributed by atoms with Crippen LogP contribution in [0.3, 0.4) is 0 Å². The van der Waals surface area contributed by atoms with Crippen molar-refractivity contribution in [2.24, 2.45) is 5.84 Å². The number of amides is 1. The highest BCUT2D eigenvalue weighted by atomic mass is 32.2. The van der Waals surface area contributed by atoms with Crippen molar-refractivity contribution in [2.45, 2.75) is 30.9 Å². The predicted octanol–water partition coefficient (Wildman–Crippen LogP) is 3.23. The van der Waals surface area contributed by atoms with E-state index in [1.165, 1.54) is 28.8 Å². The Balaban J connectivity index is 0.000000505. The summed E-state index contributed by atoms with van der Waals surface area (Å²) < 4.78 is 0. The third-order valence-electron chi connectivity index (χ3n) is 3.25. The number of nitrogens with one attached hydrogen (secondary N) is 1. The van der Waals surface area contributed by atoms with E-state index in [0.717, 1.165) is 22.9 Å². The molecule has 0 atom stereocenters. The molecular weight excluding hydrogens is 320 g/mol. The number of aryl methyl sites for hydroxylation is 2. The molecule has 1 aromatic heterocycles. The van der Waals surface area contributed by atoms with E-state index in [1.54, 1.807) is 0 Å². The fourth-order valence-electron chi connectivity index (χ4n) is 2.05. The van der Waals surface area contributed by atoms with Crippen LogP contribution in [0, 0.1) is 6.92 Å². The lowest BCUT2D eigenvalue weighted by molar-refractivity contribution is -0.117. The Bertz CT molecular complexity index is 624. The van der Waals surface area contributed by atoms with Crippen molar-refractivity contribution in [3.63, 3.8) is 0 Å². The molecule has 24 heavy (non-hydrogen) atoms. The Labute approximate surface area is 148 Å². The summed E-state index contributed by atoms with van der Waals surface area (Å²) in [6.45, 7) is 4.30. The van der Waals surface area contributed by atoms with Gasteiger partial charge in [-0.15, -0.1) is 11.8 Å². The number of nitrogens with zero attached hydrogens (tertiary/aromatic N) is 2. The van der Waals surface area contributed by atoms with Gasteiger partial charge in [0, 0.05) is 36.6 Å². The van der Waals surface area contributed by atoms with Crippen LogP contribution in [0.4, 0.5) is 5.69 Å². The van der Waals surface area contributed by atoms with E-state index in [2.05, 4.69) is 48.4 Å². The van der Waals surface area contributed by atoms with Crippen LogP contribution in [0.2, 0.25) is 0 Å². The van der Waals surface area contributed by atoms with E-state index in [9.17, 15) is 4.79 Å². The van der Waals surface area contributed by atoms with Crippen molar-refractivity contribution in [1.29, 1.82) is 0 Å². The van der Waals surface area contributed by atoms with Crippen LogP contribution in [-0.2, 0) is 17.0 Å². The number of aromatic nitrogens is 1. The Hall–Kier alpha value is -2.05. The zero-order valence-corrected chi connectivity index (χ0v) is 15.6. The van der Waals surface area contributed by atoms with Gasteiger partial charge in [-0.25, -0.2) is 5.84 Å². The van der Waals surface area contributed by atoms with E-state index in [-0.39, 0.29) is 0 Å². The number of rotatable bonds is 6. The van der Waals surface area contributed by atoms with E-state index in [4.69, 9.17) is 5.84 Å². The average molecular weight is 347 g/mol. The Morgan fingerprint density at radius 1 is 1.38 bits per heavy atom. The third-order valence-corrected chi connectivity index (χ3v) is 4.46. The number of nitrogens with two attached hydrogens (primary N) is 1. The van der Waals surface area contributed by atoms with Gasteiger partial charge in [0.05, 0.1) is 5.69 Å². The second kappa shape index (κ2) is 10.7. The molecule has 0 aliphatic carbocycles. The lowest BCUT2D eigenvalue weighted by Crippen LogP contribution is -2.23. The van der Waals surface area contributed by atoms with Gasteiger partial charge in [0.15, 0.2) is 0 Å². The fourth-order valence-corrected chi connectivity index (χ4v) is 3.23. The van der Waals surface area contributed by atoms with E-state index in [1.807, 2.05) is 31.1 Å². The van der Waals surface area contributed by atoms with Crippen LogP contribution in [0.1, 0.15) is 23.7 Å². The zero-order chi connectivity index (χ0) is 17.9. The van der Waals surface area contributed by atoms with Crippen LogP contribution in [0.15, 0.2) is 41.4 Å². The summed E-state index contributed by atoms with van der Waals surface area (Å²) in [5, 5.41) is 4.22. The van der Waals surface area contributed by atoms with Crippen molar-refractivity contribution >= 4 is 23.9 Å². The van der Waals surface area contributed by atoms with Crippen molar-refractivity contribution in [2.75, 3.05) is 19.4 Å². The van der Waals surface area contributed by atoms with E-state index < -0.39 is 0 Å². The Morgan fingerprint density at radius 3 is 2.62 bits per heavy atom. The van der Waals surface area contributed by atoms with Gasteiger partial charge in [-0.05, 0) is 42.7 Å². The lowest BCUT2D eigenvalue weighted by Gasteiger charge is -2.13. The molecule has 0 radical (unpaired) electrons. The molecule has 130 valence electrons. The average Bonchev–Trinajstić information content (AvgIpc) is 2.60. The molecule has 0 spiro atoms. The summed E-state index contributed by atoms with van der Waals surface area (Å²) in [6.07, 6.45) is 3.47. The highest BCUT2D eigenvalue weighted by molar-refractivity contribution is 7.98. The van der Waals surface area contributed by atoms with Gasteiger partial charge in [-0.3, -0.25) is 14.8 Å². The smallest absolute Gasteiger partial charge is 0.223 e. The first-order chi connectivity index (χ1) is 11.5. The summed E-state index contributed by atoms with van der Waals surface area (Å²) in [7, 11) is 3.44. The number of benzene rings is 1. The minimum Gasteiger partial charge on any atom is -0.387 e. The monoisotopic (exact) mass is 346 g/mol. The van der Waals surface area contributed by atoms with E-state index >= 15 is 0 Å². The molecule has 0 saturated heterocycles. The van der Waals surface area contributed by atoms with Gasteiger partial charge < -0.3 is 5.32 Å². The number of hydrogen-bond acceptors (Lipinski definition) is 5. The Kier molecular flexibility index (Phi) is 8.89. The summed E-state index contributed by atoms with van der Waals surface area (Å²) in [5.41, 5.74) is 5.00. The molecule has 5 nitrogen and oxygen atoms in total. The normalized spacial score (nSPS) is 9.71. The molecule has 1 heterocycles. The molecular formula is C18H26N4OS. The maximum atomic E-state index is 9.31. The van der Waals surface area contributed by atoms with Crippen LogP contribution in [0.25, 0.3) is 0 Å². The molecule has 2 aromatic rings. The minimum absolute atomic E-state index is 0.528. The van der Waals surface area contributed by atoms with Gasteiger partial charge >= 0.3 is 0 Å². The van der Waals surface area contributed by atoms with Crippen molar-refractivity contribution < 1.29 is 4.79 Å². The minimum atomic E-state index is 0.528. The quantitative estimate of drug-likeness (QED) is 0.276. The number of carbonyl (C=O) groups is 1. The number of anilines is 1. The van der Waals surface area contributed by atoms with Crippen LogP contribution < -0.4 is 11.2 Å². The number of carbonyl (C=O) groups excluding carboxylic acids is 1. The summed E-state index contributed by atoms with van der Waals surface area (Å²) >= 11 is 1.86. The van der Waals surface area contributed by atoms with Crippen LogP contribution in [-0.4, -0.2) is 30.5 Å². The molecule has 2 rings (SSSR count). The maximum Gasteiger partial charge on any atom is 0.223 e. The molecule has 0 bridgehead atoms. The van der Waals surface area contributed by atoms with Gasteiger partial charge in [-0.1, -0.05) is 19.1 Å². The maximum absolute atomic E-state index is 9.31. The van der Waals surface area contributed by atoms with E-state index in [0.29, 0.717) is 6.41 Å². The molecule has 0 aliphatic heterocycles. The molecule has 3 N–H and O–H groups in total. The number of pyridine rings is 1. The highest BCUT2D eigenvalue weighted by Crippen LogP contribution is 2.33. The first-order valence-electron chi connectivity index (χ1n) is 7.78. The van der Waals surface area contributed by atoms with Gasteiger partial charge in [0.25, 0.3) is 0 Å². The number of hydrogen-bond donors (Lipinski definition) is 2. The summed E-state index contributed by atoms with van der Waals surface area (Å²) in [5.74, 6) is 5.67. The predicted molar refractivity (Wildman–Crippen MR) is 102 cm³/mol. The molecule has 0 unspecified atom stereocenters. The van der Waals surface area contributed by atoms with Crippen LogP contribution in [0.5, 0.6) is 0 Å². The van der Waals surface area contributed by atoms with Crippen molar-refractivity contribution in [3.8, 4) is 0 Å². The molecule has 0 saturated carbocycles. The summed E-state index contributed by atoms with van der Waals surface area (Å²) in [4.78, 5) is 15.1. The largest absolute Gasteiger partial charge is 0.387 e. The van der Waals surface area contributed by atoms with Crippen LogP contribution >= 0.6 is 11.8 Å². The second-order valence-corrected chi connectivity index (χ2v) is 6.27. The first kappa shape index (κ1) is 20.0. The third kappa shape index (κ3) is 6.60. The summed E-state index contributed by atoms with van der Waals surface area (Å²) in [6, 6.07) is 10.6. The fraction of sp³-hybridized carbons (Fsp3) is 0.333. The molecule has 0 aliphatic rings. The second-order valence-electron chi connectivity index (χ2n) is 5.28. The standard InChI is InChI=1S/C16H20N2S.C2H6N2O/c1-4-13-6-5-7-15(17-3)16(13)19-11-14-10-12(2)8-9-18-14;1-4(3)2-5/h5-10,17H,4,11H2,1-3H3;2H,3H2,1H3. The molecule has 6 heteroatoms. The van der Waals surface area contributed by atoms with Gasteiger partial charge in [0.2, 0.25) is 6.41 Å².